The smallest absolute Gasteiger partial charge is 0.263 e. The van der Waals surface area contributed by atoms with Gasteiger partial charge in [0.05, 0.1) is 27.8 Å². The van der Waals surface area contributed by atoms with E-state index in [0.717, 1.165) is 42.2 Å². The van der Waals surface area contributed by atoms with Gasteiger partial charge in [-0.1, -0.05) is 51.1 Å². The molecule has 2 saturated carbocycles. The van der Waals surface area contributed by atoms with Crippen LogP contribution in [0.1, 0.15) is 108 Å². The highest BCUT2D eigenvalue weighted by molar-refractivity contribution is 6.31. The van der Waals surface area contributed by atoms with Crippen molar-refractivity contribution in [3.63, 3.8) is 0 Å². The molecule has 302 valence electrons. The SMILES string of the molecule is CC1(C)C(Oc2ccc(C#N)c(Cl)c2)C(C)(C)C1N1Cc2cc(C#CC3CN(C4CN(c5cc6c(cn5)C(=O)N(C5CCC(=O)CCCC5=O)C6=O)C4)C3)ccc2C1=O. The summed E-state index contributed by atoms with van der Waals surface area (Å²) in [6, 6.07) is 14.1. The summed E-state index contributed by atoms with van der Waals surface area (Å²) in [6.45, 7) is 12.2. The Morgan fingerprint density at radius 3 is 2.32 bits per heavy atom. The van der Waals surface area contributed by atoms with Crippen LogP contribution in [0.5, 0.6) is 5.75 Å². The van der Waals surface area contributed by atoms with E-state index in [1.165, 1.54) is 6.20 Å². The summed E-state index contributed by atoms with van der Waals surface area (Å²) in [5.74, 6) is 7.14. The average molecular weight is 813 g/mol. The highest BCUT2D eigenvalue weighted by Crippen LogP contribution is 2.59. The Kier molecular flexibility index (Phi) is 9.45. The number of rotatable bonds is 6. The number of carbonyl (C=O) groups excluding carboxylic acids is 5. The number of benzene rings is 2. The number of carbonyl (C=O) groups is 5. The van der Waals surface area contributed by atoms with Gasteiger partial charge in [-0.05, 0) is 54.8 Å². The van der Waals surface area contributed by atoms with Crippen LogP contribution >= 0.6 is 11.6 Å². The van der Waals surface area contributed by atoms with Gasteiger partial charge in [0.1, 0.15) is 29.5 Å². The minimum absolute atomic E-state index is 0.0206. The fraction of sp³-hybridized carbons (Fsp3) is 0.457. The minimum Gasteiger partial charge on any atom is -0.489 e. The van der Waals surface area contributed by atoms with Crippen LogP contribution in [-0.4, -0.2) is 99.4 Å². The number of likely N-dealkylation sites (tertiary alicyclic amines) is 1. The van der Waals surface area contributed by atoms with Crippen molar-refractivity contribution in [2.45, 2.75) is 90.6 Å². The Morgan fingerprint density at radius 2 is 1.59 bits per heavy atom. The lowest BCUT2D eigenvalue weighted by Gasteiger charge is -2.65. The van der Waals surface area contributed by atoms with Crippen molar-refractivity contribution in [1.29, 1.82) is 5.26 Å². The molecule has 9 rings (SSSR count). The summed E-state index contributed by atoms with van der Waals surface area (Å²) in [7, 11) is 0. The largest absolute Gasteiger partial charge is 0.489 e. The van der Waals surface area contributed by atoms with E-state index in [2.05, 4.69) is 60.4 Å². The number of fused-ring (bicyclic) bond motifs is 2. The first-order chi connectivity index (χ1) is 28.1. The molecule has 4 fully saturated rings. The third kappa shape index (κ3) is 6.48. The van der Waals surface area contributed by atoms with Gasteiger partial charge in [-0.25, -0.2) is 4.98 Å². The highest BCUT2D eigenvalue weighted by atomic mass is 35.5. The number of halogens is 1. The van der Waals surface area contributed by atoms with E-state index in [0.29, 0.717) is 53.1 Å². The zero-order valence-electron chi connectivity index (χ0n) is 33.6. The van der Waals surface area contributed by atoms with Crippen molar-refractivity contribution >= 4 is 46.7 Å². The Labute approximate surface area is 348 Å². The van der Waals surface area contributed by atoms with Gasteiger partial charge < -0.3 is 14.5 Å². The van der Waals surface area contributed by atoms with Gasteiger partial charge >= 0.3 is 0 Å². The zero-order valence-corrected chi connectivity index (χ0v) is 34.3. The molecule has 5 heterocycles. The summed E-state index contributed by atoms with van der Waals surface area (Å²) in [6.07, 6.45) is 2.58. The first kappa shape index (κ1) is 38.9. The van der Waals surface area contributed by atoms with Gasteiger partial charge in [-0.2, -0.15) is 5.26 Å². The normalized spacial score (nSPS) is 25.2. The quantitative estimate of drug-likeness (QED) is 0.225. The standard InChI is InChI=1S/C46H45ClN6O6/c1-45(2)43(46(3,4)44(45)59-32-13-11-28(19-48)36(47)17-32)52-23-29-16-26(10-14-33(29)40(52)56)8-9-27-21-50(22-27)30-24-51(25-30)39-18-34-35(20-49-39)42(58)53(41(34)57)37-15-12-31(54)6-5-7-38(37)55/h10-11,13-14,16-18,20,27,30,37,43-44H,5-7,12,15,21-25H2,1-4H3. The number of hydrogen-bond acceptors (Lipinski definition) is 10. The molecule has 6 aliphatic rings. The number of Topliss-reactive ketones (excluding diaryl/α,β-unsaturated/α-hetero) is 2. The Hall–Kier alpha value is -5.56. The summed E-state index contributed by atoms with van der Waals surface area (Å²) < 4.78 is 6.47. The summed E-state index contributed by atoms with van der Waals surface area (Å²) >= 11 is 6.29. The molecule has 2 aromatic carbocycles. The molecule has 3 aromatic rings. The van der Waals surface area contributed by atoms with Gasteiger partial charge in [-0.15, -0.1) is 0 Å². The lowest BCUT2D eigenvalue weighted by molar-refractivity contribution is -0.199. The molecule has 0 bridgehead atoms. The monoisotopic (exact) mass is 812 g/mol. The predicted octanol–water partition coefficient (Wildman–Crippen LogP) is 5.68. The first-order valence-electron chi connectivity index (χ1n) is 20.4. The molecule has 59 heavy (non-hydrogen) atoms. The van der Waals surface area contributed by atoms with Crippen molar-refractivity contribution in [3.05, 3.63) is 87.1 Å². The van der Waals surface area contributed by atoms with Crippen LogP contribution in [0.3, 0.4) is 0 Å². The number of imide groups is 1. The number of amides is 3. The molecule has 0 spiro atoms. The third-order valence-corrected chi connectivity index (χ3v) is 13.7. The summed E-state index contributed by atoms with van der Waals surface area (Å²) in [5, 5.41) is 9.61. The minimum atomic E-state index is -0.917. The van der Waals surface area contributed by atoms with Crippen LogP contribution in [0, 0.1) is 39.9 Å². The van der Waals surface area contributed by atoms with Crippen molar-refractivity contribution in [3.8, 4) is 23.7 Å². The van der Waals surface area contributed by atoms with Crippen LogP contribution in [-0.2, 0) is 16.1 Å². The summed E-state index contributed by atoms with van der Waals surface area (Å²) in [5.41, 5.74) is 2.73. The molecule has 13 heteroatoms. The van der Waals surface area contributed by atoms with Gasteiger partial charge in [0.2, 0.25) is 0 Å². The maximum absolute atomic E-state index is 13.8. The van der Waals surface area contributed by atoms with E-state index in [1.54, 1.807) is 24.3 Å². The third-order valence-electron chi connectivity index (χ3n) is 13.4. The molecule has 3 amide bonds. The highest BCUT2D eigenvalue weighted by Gasteiger charge is 2.67. The number of ether oxygens (including phenoxy) is 1. The fourth-order valence-corrected chi connectivity index (χ4v) is 10.9. The van der Waals surface area contributed by atoms with Gasteiger partial charge in [-0.3, -0.25) is 33.8 Å². The van der Waals surface area contributed by atoms with E-state index in [4.69, 9.17) is 16.3 Å². The lowest BCUT2D eigenvalue weighted by atomic mass is 9.49. The molecule has 1 aromatic heterocycles. The van der Waals surface area contributed by atoms with Crippen molar-refractivity contribution in [2.75, 3.05) is 31.1 Å². The number of hydrogen-bond donors (Lipinski definition) is 0. The molecule has 0 radical (unpaired) electrons. The molecule has 2 aliphatic carbocycles. The topological polar surface area (TPSA) is 144 Å². The second kappa shape index (κ2) is 14.3. The molecule has 4 aliphatic heterocycles. The number of pyridine rings is 1. The molecule has 2 saturated heterocycles. The number of ketones is 2. The summed E-state index contributed by atoms with van der Waals surface area (Å²) in [4.78, 5) is 77.5. The number of nitriles is 1. The average Bonchev–Trinajstić information content (AvgIpc) is 3.60. The van der Waals surface area contributed by atoms with Crippen LogP contribution in [0.25, 0.3) is 0 Å². The van der Waals surface area contributed by atoms with E-state index in [9.17, 15) is 29.2 Å². The van der Waals surface area contributed by atoms with Crippen molar-refractivity contribution < 1.29 is 28.7 Å². The Morgan fingerprint density at radius 1 is 0.847 bits per heavy atom. The Balaban J connectivity index is 0.781. The van der Waals surface area contributed by atoms with E-state index < -0.39 is 17.9 Å². The molecule has 1 atom stereocenters. The molecular weight excluding hydrogens is 768 g/mol. The van der Waals surface area contributed by atoms with Crippen LogP contribution in [0.15, 0.2) is 48.7 Å². The van der Waals surface area contributed by atoms with Gasteiger partial charge in [0.15, 0.2) is 5.78 Å². The number of anilines is 1. The van der Waals surface area contributed by atoms with Gasteiger partial charge in [0.25, 0.3) is 17.7 Å². The van der Waals surface area contributed by atoms with E-state index in [1.807, 2.05) is 23.1 Å². The predicted molar refractivity (Wildman–Crippen MR) is 218 cm³/mol. The lowest BCUT2D eigenvalue weighted by Crippen LogP contribution is -2.74. The first-order valence-corrected chi connectivity index (χ1v) is 20.8. The van der Waals surface area contributed by atoms with Crippen LogP contribution < -0.4 is 9.64 Å². The fourth-order valence-electron chi connectivity index (χ4n) is 10.7. The second-order valence-electron chi connectivity index (χ2n) is 18.1. The van der Waals surface area contributed by atoms with Gasteiger partial charge in [0, 0.05) is 104 Å². The van der Waals surface area contributed by atoms with Crippen LogP contribution in [0.2, 0.25) is 5.02 Å². The van der Waals surface area contributed by atoms with Crippen molar-refractivity contribution in [1.82, 2.24) is 19.7 Å². The van der Waals surface area contributed by atoms with E-state index >= 15 is 0 Å². The Bertz CT molecular complexity index is 2430. The molecular formula is C46H45ClN6O6. The zero-order chi connectivity index (χ0) is 41.5. The number of aromatic nitrogens is 1. The maximum Gasteiger partial charge on any atom is 0.263 e. The van der Waals surface area contributed by atoms with Crippen LogP contribution in [0.4, 0.5) is 5.82 Å². The number of nitrogens with zero attached hydrogens (tertiary/aromatic N) is 6. The molecule has 12 nitrogen and oxygen atoms in total. The molecule has 0 N–H and O–H groups in total. The molecule has 1 unspecified atom stereocenters. The maximum atomic E-state index is 13.8. The van der Waals surface area contributed by atoms with Crippen molar-refractivity contribution in [2.24, 2.45) is 16.7 Å². The second-order valence-corrected chi connectivity index (χ2v) is 18.5. The van der Waals surface area contributed by atoms with E-state index in [-0.39, 0.29) is 76.8 Å².